The van der Waals surface area contributed by atoms with Crippen LogP contribution < -0.4 is 5.73 Å². The number of nitrogens with two attached hydrogens (primary N) is 1. The lowest BCUT2D eigenvalue weighted by molar-refractivity contribution is -0.121. The summed E-state index contributed by atoms with van der Waals surface area (Å²) in [5.74, 6) is -0.197. The summed E-state index contributed by atoms with van der Waals surface area (Å²) in [6.45, 7) is 6.21. The second-order valence-corrected chi connectivity index (χ2v) is 7.36. The van der Waals surface area contributed by atoms with Gasteiger partial charge in [-0.25, -0.2) is 0 Å². The first-order valence-electron chi connectivity index (χ1n) is 11.0. The molecule has 0 aliphatic carbocycles. The first-order chi connectivity index (χ1) is 14.6. The molecule has 0 aliphatic rings. The van der Waals surface area contributed by atoms with E-state index in [2.05, 4.69) is 74.5 Å². The van der Waals surface area contributed by atoms with E-state index in [1.54, 1.807) is 0 Å². The summed E-state index contributed by atoms with van der Waals surface area (Å²) in [7, 11) is 0. The molecule has 0 heterocycles. The number of hydrogen-bond acceptors (Lipinski definition) is 1. The average molecular weight is 404 g/mol. The Bertz CT molecular complexity index is 745. The summed E-state index contributed by atoms with van der Waals surface area (Å²) in [6.07, 6.45) is 5.21. The molecule has 3 rings (SSSR count). The summed E-state index contributed by atoms with van der Waals surface area (Å²) in [6, 6.07) is 31.2. The number of aryl methyl sites for hydroxylation is 3. The average Bonchev–Trinajstić information content (AvgIpc) is 2.81. The van der Waals surface area contributed by atoms with E-state index in [0.29, 0.717) is 0 Å². The maximum Gasteiger partial charge on any atom is 0.220 e. The van der Waals surface area contributed by atoms with Gasteiger partial charge in [0.05, 0.1) is 0 Å². The van der Waals surface area contributed by atoms with Crippen LogP contribution in [0, 0.1) is 5.92 Å². The van der Waals surface area contributed by atoms with Gasteiger partial charge < -0.3 is 5.73 Å². The third kappa shape index (κ3) is 11.9. The lowest BCUT2D eigenvalue weighted by Gasteiger charge is -2.06. The first kappa shape index (κ1) is 25.2. The number of carbonyl (C=O) groups is 1. The minimum Gasteiger partial charge on any atom is -0.369 e. The van der Waals surface area contributed by atoms with Crippen molar-refractivity contribution in [3.05, 3.63) is 108 Å². The Kier molecular flexibility index (Phi) is 13.4. The van der Waals surface area contributed by atoms with Gasteiger partial charge in [0.15, 0.2) is 0 Å². The molecule has 2 heteroatoms. The molecule has 1 amide bonds. The van der Waals surface area contributed by atoms with Gasteiger partial charge in [0.2, 0.25) is 5.91 Å². The third-order valence-electron chi connectivity index (χ3n) is 4.93. The van der Waals surface area contributed by atoms with Crippen molar-refractivity contribution in [3.63, 3.8) is 0 Å². The molecule has 1 unspecified atom stereocenters. The normalized spacial score (nSPS) is 10.6. The van der Waals surface area contributed by atoms with Crippen molar-refractivity contribution in [2.75, 3.05) is 0 Å². The van der Waals surface area contributed by atoms with E-state index in [4.69, 9.17) is 5.73 Å². The largest absolute Gasteiger partial charge is 0.369 e. The Hall–Kier alpha value is -2.87. The lowest BCUT2D eigenvalue weighted by atomic mass is 10.0. The zero-order valence-corrected chi connectivity index (χ0v) is 18.8. The number of carbonyl (C=O) groups excluding carboxylic acids is 1. The molecule has 1 atom stereocenters. The van der Waals surface area contributed by atoms with Crippen LogP contribution in [-0.2, 0) is 24.1 Å². The van der Waals surface area contributed by atoms with Crippen molar-refractivity contribution < 1.29 is 4.79 Å². The van der Waals surface area contributed by atoms with E-state index >= 15 is 0 Å². The first-order valence-corrected chi connectivity index (χ1v) is 11.0. The molecule has 3 aromatic rings. The molecule has 2 N–H and O–H groups in total. The Balaban J connectivity index is 0.000000240. The Morgan fingerprint density at radius 2 is 1.07 bits per heavy atom. The summed E-state index contributed by atoms with van der Waals surface area (Å²) >= 11 is 0. The molecule has 0 aromatic heterocycles. The summed E-state index contributed by atoms with van der Waals surface area (Å²) in [5, 5.41) is 0. The number of amides is 1. The van der Waals surface area contributed by atoms with E-state index in [1.165, 1.54) is 16.7 Å². The van der Waals surface area contributed by atoms with Gasteiger partial charge in [-0.05, 0) is 48.8 Å². The molecule has 0 saturated heterocycles. The highest BCUT2D eigenvalue weighted by molar-refractivity contribution is 5.76. The molecular formula is C28H37NO. The minimum absolute atomic E-state index is 0.00119. The standard InChI is InChI=1S/C12H17NO.2C8H10/c1-10(12(13)14)6-5-9-11-7-3-2-4-8-11;2*1-2-8-6-4-3-5-7-8/h2-4,7-8,10H,5-6,9H2,1H3,(H2,13,14);2*3-7H,2H2,1H3. The predicted octanol–water partition coefficient (Wildman–Crippen LogP) is 6.63. The van der Waals surface area contributed by atoms with Gasteiger partial charge in [-0.15, -0.1) is 0 Å². The Morgan fingerprint density at radius 1 is 0.700 bits per heavy atom. The van der Waals surface area contributed by atoms with Crippen molar-refractivity contribution in [2.45, 2.75) is 52.9 Å². The molecular weight excluding hydrogens is 366 g/mol. The molecule has 160 valence electrons. The van der Waals surface area contributed by atoms with Gasteiger partial charge in [0.1, 0.15) is 0 Å². The second kappa shape index (κ2) is 16.0. The molecule has 0 saturated carbocycles. The van der Waals surface area contributed by atoms with Gasteiger partial charge in [0.25, 0.3) is 0 Å². The quantitative estimate of drug-likeness (QED) is 0.473. The smallest absolute Gasteiger partial charge is 0.220 e. The highest BCUT2D eigenvalue weighted by Crippen LogP contribution is 2.09. The fourth-order valence-electron chi connectivity index (χ4n) is 2.83. The minimum atomic E-state index is -0.196. The Labute approximate surface area is 183 Å². The van der Waals surface area contributed by atoms with Gasteiger partial charge in [-0.3, -0.25) is 4.79 Å². The monoisotopic (exact) mass is 403 g/mol. The van der Waals surface area contributed by atoms with Crippen LogP contribution in [0.25, 0.3) is 0 Å². The van der Waals surface area contributed by atoms with Gasteiger partial charge in [0, 0.05) is 5.92 Å². The number of rotatable bonds is 7. The fourth-order valence-corrected chi connectivity index (χ4v) is 2.83. The van der Waals surface area contributed by atoms with E-state index in [-0.39, 0.29) is 11.8 Å². The predicted molar refractivity (Wildman–Crippen MR) is 129 cm³/mol. The van der Waals surface area contributed by atoms with Crippen molar-refractivity contribution in [3.8, 4) is 0 Å². The number of primary amides is 1. The van der Waals surface area contributed by atoms with Crippen LogP contribution >= 0.6 is 0 Å². The van der Waals surface area contributed by atoms with Crippen LogP contribution in [0.5, 0.6) is 0 Å². The lowest BCUT2D eigenvalue weighted by Crippen LogP contribution is -2.20. The van der Waals surface area contributed by atoms with Gasteiger partial charge in [-0.1, -0.05) is 112 Å². The molecule has 30 heavy (non-hydrogen) atoms. The topological polar surface area (TPSA) is 43.1 Å². The van der Waals surface area contributed by atoms with E-state index < -0.39 is 0 Å². The number of hydrogen-bond donors (Lipinski definition) is 1. The van der Waals surface area contributed by atoms with Crippen molar-refractivity contribution in [1.29, 1.82) is 0 Å². The van der Waals surface area contributed by atoms with E-state index in [1.807, 2.05) is 37.3 Å². The van der Waals surface area contributed by atoms with Crippen LogP contribution in [0.1, 0.15) is 50.3 Å². The molecule has 0 aliphatic heterocycles. The molecule has 0 fully saturated rings. The van der Waals surface area contributed by atoms with Crippen molar-refractivity contribution >= 4 is 5.91 Å². The highest BCUT2D eigenvalue weighted by Gasteiger charge is 2.07. The van der Waals surface area contributed by atoms with Crippen LogP contribution in [0.15, 0.2) is 91.0 Å². The van der Waals surface area contributed by atoms with Crippen LogP contribution in [0.2, 0.25) is 0 Å². The van der Waals surface area contributed by atoms with Crippen LogP contribution in [0.4, 0.5) is 0 Å². The third-order valence-corrected chi connectivity index (χ3v) is 4.93. The van der Waals surface area contributed by atoms with E-state index in [0.717, 1.165) is 32.1 Å². The summed E-state index contributed by atoms with van der Waals surface area (Å²) in [5.41, 5.74) is 9.32. The maximum absolute atomic E-state index is 10.8. The van der Waals surface area contributed by atoms with Crippen molar-refractivity contribution in [1.82, 2.24) is 0 Å². The Morgan fingerprint density at radius 3 is 1.37 bits per heavy atom. The van der Waals surface area contributed by atoms with Crippen molar-refractivity contribution in [2.24, 2.45) is 11.7 Å². The van der Waals surface area contributed by atoms with Gasteiger partial charge in [-0.2, -0.15) is 0 Å². The zero-order valence-electron chi connectivity index (χ0n) is 18.8. The van der Waals surface area contributed by atoms with Crippen LogP contribution in [0.3, 0.4) is 0 Å². The zero-order chi connectivity index (χ0) is 22.0. The summed E-state index contributed by atoms with van der Waals surface area (Å²) < 4.78 is 0. The molecule has 3 aromatic carbocycles. The highest BCUT2D eigenvalue weighted by atomic mass is 16.1. The molecule has 0 bridgehead atoms. The van der Waals surface area contributed by atoms with E-state index in [9.17, 15) is 4.79 Å². The fraction of sp³-hybridized carbons (Fsp3) is 0.321. The van der Waals surface area contributed by atoms with Crippen LogP contribution in [-0.4, -0.2) is 5.91 Å². The maximum atomic E-state index is 10.8. The van der Waals surface area contributed by atoms with Gasteiger partial charge >= 0.3 is 0 Å². The molecule has 0 spiro atoms. The SMILES string of the molecule is CC(CCCc1ccccc1)C(N)=O.CCc1ccccc1.CCc1ccccc1. The second-order valence-electron chi connectivity index (χ2n) is 7.36. The molecule has 0 radical (unpaired) electrons. The summed E-state index contributed by atoms with van der Waals surface area (Å²) in [4.78, 5) is 10.8. The molecule has 2 nitrogen and oxygen atoms in total. The number of benzene rings is 3.